The van der Waals surface area contributed by atoms with Gasteiger partial charge in [0.1, 0.15) is 0 Å². The minimum Gasteiger partial charge on any atom is -0.393 e. The third-order valence-corrected chi connectivity index (χ3v) is 3.49. The Morgan fingerprint density at radius 3 is 1.69 bits per heavy atom. The zero-order valence-electron chi connectivity index (χ0n) is 11.4. The number of hydrogen-bond acceptors (Lipinski definition) is 3. The Balaban J connectivity index is 4.55. The molecule has 0 radical (unpaired) electrons. The highest BCUT2D eigenvalue weighted by molar-refractivity contribution is 4.85. The molecule has 0 aromatic carbocycles. The van der Waals surface area contributed by atoms with Crippen molar-refractivity contribution in [3.05, 3.63) is 0 Å². The highest BCUT2D eigenvalue weighted by Crippen LogP contribution is 2.30. The predicted octanol–water partition coefficient (Wildman–Crippen LogP) is 1.80. The van der Waals surface area contributed by atoms with E-state index in [-0.39, 0.29) is 17.3 Å². The van der Waals surface area contributed by atoms with Crippen LogP contribution in [0.15, 0.2) is 0 Å². The molecule has 0 aliphatic heterocycles. The number of hydrogen-bond donors (Lipinski definition) is 3. The summed E-state index contributed by atoms with van der Waals surface area (Å²) in [6.07, 6.45) is -1.14. The molecule has 5 atom stereocenters. The molecule has 0 heterocycles. The first-order valence-corrected chi connectivity index (χ1v) is 6.17. The monoisotopic (exact) mass is 232 g/mol. The zero-order chi connectivity index (χ0) is 13.1. The quantitative estimate of drug-likeness (QED) is 0.677. The fraction of sp³-hybridized carbons (Fsp3) is 1.00. The van der Waals surface area contributed by atoms with Crippen LogP contribution in [0.3, 0.4) is 0 Å². The molecule has 16 heavy (non-hydrogen) atoms. The van der Waals surface area contributed by atoms with Gasteiger partial charge >= 0.3 is 0 Å². The molecule has 0 aliphatic carbocycles. The molecule has 0 aromatic rings. The molecule has 0 fully saturated rings. The standard InChI is InChI=1S/C13H28O3/c1-7-10(14)8(2)11(15)9(3)12(16)13(4,5)6/h8-12,14-16H,7H2,1-6H3/t8-,9+,10-,11+,12+/m1/s1. The molecule has 0 amide bonds. The number of rotatable bonds is 5. The van der Waals surface area contributed by atoms with E-state index in [1.165, 1.54) is 0 Å². The van der Waals surface area contributed by atoms with Gasteiger partial charge < -0.3 is 15.3 Å². The molecule has 0 saturated heterocycles. The molecule has 0 bridgehead atoms. The molecule has 3 nitrogen and oxygen atoms in total. The molecule has 0 saturated carbocycles. The van der Waals surface area contributed by atoms with Gasteiger partial charge in [-0.25, -0.2) is 0 Å². The summed E-state index contributed by atoms with van der Waals surface area (Å²) in [5, 5.41) is 29.9. The van der Waals surface area contributed by atoms with E-state index in [2.05, 4.69) is 0 Å². The first-order valence-electron chi connectivity index (χ1n) is 6.17. The topological polar surface area (TPSA) is 60.7 Å². The second-order valence-corrected chi connectivity index (χ2v) is 6.00. The van der Waals surface area contributed by atoms with E-state index >= 15 is 0 Å². The summed E-state index contributed by atoms with van der Waals surface area (Å²) < 4.78 is 0. The van der Waals surface area contributed by atoms with Crippen LogP contribution in [0.4, 0.5) is 0 Å². The van der Waals surface area contributed by atoms with Crippen LogP contribution in [0.2, 0.25) is 0 Å². The summed E-state index contributed by atoms with van der Waals surface area (Å²) in [7, 11) is 0. The first kappa shape index (κ1) is 15.9. The SMILES string of the molecule is CC[C@@H](O)[C@@H](C)[C@H](O)[C@H](C)[C@H](O)C(C)(C)C. The van der Waals surface area contributed by atoms with E-state index in [1.54, 1.807) is 0 Å². The van der Waals surface area contributed by atoms with Gasteiger partial charge in [0, 0.05) is 11.8 Å². The minimum absolute atomic E-state index is 0.211. The van der Waals surface area contributed by atoms with E-state index < -0.39 is 18.3 Å². The Labute approximate surface area is 99.5 Å². The maximum absolute atomic E-state index is 10.1. The Morgan fingerprint density at radius 2 is 1.38 bits per heavy atom. The van der Waals surface area contributed by atoms with Gasteiger partial charge in [0.25, 0.3) is 0 Å². The van der Waals surface area contributed by atoms with E-state index in [0.29, 0.717) is 6.42 Å². The molecule has 0 aromatic heterocycles. The summed E-state index contributed by atoms with van der Waals surface area (Å²) in [4.78, 5) is 0. The van der Waals surface area contributed by atoms with E-state index in [1.807, 2.05) is 41.5 Å². The van der Waals surface area contributed by atoms with Crippen molar-refractivity contribution < 1.29 is 15.3 Å². The highest BCUT2D eigenvalue weighted by atomic mass is 16.3. The van der Waals surface area contributed by atoms with Crippen molar-refractivity contribution in [2.24, 2.45) is 17.3 Å². The Morgan fingerprint density at radius 1 is 0.938 bits per heavy atom. The summed E-state index contributed by atoms with van der Waals surface area (Å²) in [5.74, 6) is -0.451. The molecular formula is C13H28O3. The van der Waals surface area contributed by atoms with Gasteiger partial charge in [-0.1, -0.05) is 41.5 Å². The normalized spacial score (nSPS) is 22.3. The maximum Gasteiger partial charge on any atom is 0.0640 e. The van der Waals surface area contributed by atoms with Crippen molar-refractivity contribution in [1.29, 1.82) is 0 Å². The Bertz CT molecular complexity index is 198. The van der Waals surface area contributed by atoms with E-state index in [9.17, 15) is 15.3 Å². The molecule has 0 unspecified atom stereocenters. The average molecular weight is 232 g/mol. The third-order valence-electron chi connectivity index (χ3n) is 3.49. The van der Waals surface area contributed by atoms with Crippen LogP contribution in [-0.4, -0.2) is 33.6 Å². The first-order chi connectivity index (χ1) is 7.12. The van der Waals surface area contributed by atoms with Crippen molar-refractivity contribution in [3.63, 3.8) is 0 Å². The van der Waals surface area contributed by atoms with Gasteiger partial charge in [-0.15, -0.1) is 0 Å². The van der Waals surface area contributed by atoms with E-state index in [4.69, 9.17) is 0 Å². The van der Waals surface area contributed by atoms with Gasteiger partial charge in [0.2, 0.25) is 0 Å². The predicted molar refractivity (Wildman–Crippen MR) is 66.1 cm³/mol. The molecule has 0 rings (SSSR count). The largest absolute Gasteiger partial charge is 0.393 e. The lowest BCUT2D eigenvalue weighted by Gasteiger charge is -2.36. The zero-order valence-corrected chi connectivity index (χ0v) is 11.4. The molecule has 98 valence electrons. The summed E-state index contributed by atoms with van der Waals surface area (Å²) in [6, 6.07) is 0. The van der Waals surface area contributed by atoms with Crippen LogP contribution < -0.4 is 0 Å². The second-order valence-electron chi connectivity index (χ2n) is 6.00. The Kier molecular flexibility index (Phi) is 5.94. The maximum atomic E-state index is 10.1. The third kappa shape index (κ3) is 4.04. The second kappa shape index (κ2) is 5.99. The summed E-state index contributed by atoms with van der Waals surface area (Å²) in [5.41, 5.74) is -0.253. The van der Waals surface area contributed by atoms with Crippen LogP contribution in [0, 0.1) is 17.3 Å². The summed E-state index contributed by atoms with van der Waals surface area (Å²) in [6.45, 7) is 11.4. The van der Waals surface area contributed by atoms with Gasteiger partial charge in [-0.2, -0.15) is 0 Å². The van der Waals surface area contributed by atoms with Crippen LogP contribution in [-0.2, 0) is 0 Å². The summed E-state index contributed by atoms with van der Waals surface area (Å²) >= 11 is 0. The van der Waals surface area contributed by atoms with Gasteiger partial charge in [-0.05, 0) is 11.8 Å². The average Bonchev–Trinajstić information content (AvgIpc) is 2.22. The fourth-order valence-corrected chi connectivity index (χ4v) is 2.05. The van der Waals surface area contributed by atoms with Crippen molar-refractivity contribution in [2.75, 3.05) is 0 Å². The minimum atomic E-state index is -0.677. The molecule has 0 spiro atoms. The lowest BCUT2D eigenvalue weighted by molar-refractivity contribution is -0.0746. The van der Waals surface area contributed by atoms with Gasteiger partial charge in [0.15, 0.2) is 0 Å². The van der Waals surface area contributed by atoms with Crippen molar-refractivity contribution in [3.8, 4) is 0 Å². The van der Waals surface area contributed by atoms with Crippen molar-refractivity contribution in [2.45, 2.75) is 66.3 Å². The molecule has 0 aliphatic rings. The van der Waals surface area contributed by atoms with Crippen LogP contribution in [0.1, 0.15) is 48.0 Å². The van der Waals surface area contributed by atoms with E-state index in [0.717, 1.165) is 0 Å². The number of aliphatic hydroxyl groups is 3. The lowest BCUT2D eigenvalue weighted by Crippen LogP contribution is -2.43. The molecule has 3 heteroatoms. The highest BCUT2D eigenvalue weighted by Gasteiger charge is 2.35. The molecule has 3 N–H and O–H groups in total. The van der Waals surface area contributed by atoms with Gasteiger partial charge in [-0.3, -0.25) is 0 Å². The van der Waals surface area contributed by atoms with Gasteiger partial charge in [0.05, 0.1) is 18.3 Å². The number of aliphatic hydroxyl groups excluding tert-OH is 3. The van der Waals surface area contributed by atoms with Crippen molar-refractivity contribution >= 4 is 0 Å². The van der Waals surface area contributed by atoms with Crippen LogP contribution >= 0.6 is 0 Å². The lowest BCUT2D eigenvalue weighted by atomic mass is 9.76. The molecular weight excluding hydrogens is 204 g/mol. The smallest absolute Gasteiger partial charge is 0.0640 e. The Hall–Kier alpha value is -0.120. The van der Waals surface area contributed by atoms with Crippen LogP contribution in [0.5, 0.6) is 0 Å². The van der Waals surface area contributed by atoms with Crippen molar-refractivity contribution in [1.82, 2.24) is 0 Å². The fourth-order valence-electron chi connectivity index (χ4n) is 2.05. The van der Waals surface area contributed by atoms with Crippen LogP contribution in [0.25, 0.3) is 0 Å².